The summed E-state index contributed by atoms with van der Waals surface area (Å²) in [6.45, 7) is 0. The summed E-state index contributed by atoms with van der Waals surface area (Å²) in [5.41, 5.74) is 4.79. The number of nitrogens with zero attached hydrogens (tertiary/aromatic N) is 1. The molecule has 0 bridgehead atoms. The summed E-state index contributed by atoms with van der Waals surface area (Å²) in [5.74, 6) is 0. The average Bonchev–Trinajstić information content (AvgIpc) is 1.82. The second-order valence-electron chi connectivity index (χ2n) is 1.88. The van der Waals surface area contributed by atoms with E-state index in [9.17, 15) is 10.1 Å². The molecule has 0 saturated carbocycles. The molecular formula is C6H5ClN2O2. The summed E-state index contributed by atoms with van der Waals surface area (Å²) < 4.78 is 7.18. The van der Waals surface area contributed by atoms with E-state index >= 15 is 0 Å². The highest BCUT2D eigenvalue weighted by molar-refractivity contribution is 6.30. The van der Waals surface area contributed by atoms with Gasteiger partial charge in [0.25, 0.3) is 5.69 Å². The minimum atomic E-state index is -0.700. The number of anilines is 1. The Morgan fingerprint density at radius 3 is 2.91 bits per heavy atom. The smallest absolute Gasteiger partial charge is 0.292 e. The van der Waals surface area contributed by atoms with Crippen LogP contribution in [-0.4, -0.2) is 4.92 Å². The summed E-state index contributed by atoms with van der Waals surface area (Å²) in [7, 11) is 0. The van der Waals surface area contributed by atoms with Gasteiger partial charge in [0, 0.05) is 11.1 Å². The lowest BCUT2D eigenvalue weighted by Gasteiger charge is -1.95. The summed E-state index contributed by atoms with van der Waals surface area (Å²) in [5, 5.41) is 10.5. The topological polar surface area (TPSA) is 69.2 Å². The largest absolute Gasteiger partial charge is 0.393 e. The zero-order valence-electron chi connectivity index (χ0n) is 6.37. The third-order valence-corrected chi connectivity index (χ3v) is 1.31. The van der Waals surface area contributed by atoms with Crippen LogP contribution in [0.1, 0.15) is 1.37 Å². The molecule has 4 nitrogen and oxygen atoms in total. The van der Waals surface area contributed by atoms with Crippen LogP contribution in [-0.2, 0) is 0 Å². The van der Waals surface area contributed by atoms with Gasteiger partial charge in [0.1, 0.15) is 5.69 Å². The van der Waals surface area contributed by atoms with Crippen LogP contribution >= 0.6 is 11.6 Å². The third-order valence-electron chi connectivity index (χ3n) is 1.10. The number of nitrogen functional groups attached to an aromatic ring is 1. The average molecular weight is 174 g/mol. The fraction of sp³-hybridized carbons (Fsp3) is 0. The summed E-state index contributed by atoms with van der Waals surface area (Å²) in [6, 6.07) is 2.15. The van der Waals surface area contributed by atoms with Gasteiger partial charge in [-0.3, -0.25) is 10.1 Å². The van der Waals surface area contributed by atoms with Crippen LogP contribution in [0.5, 0.6) is 0 Å². The highest BCUT2D eigenvalue weighted by atomic mass is 35.5. The van der Waals surface area contributed by atoms with Crippen LogP contribution < -0.4 is 5.73 Å². The first-order chi connectivity index (χ1) is 5.52. The predicted octanol–water partition coefficient (Wildman–Crippen LogP) is 1.83. The molecule has 1 rings (SSSR count). The molecule has 1 aromatic carbocycles. The molecule has 11 heavy (non-hydrogen) atoms. The van der Waals surface area contributed by atoms with Crippen molar-refractivity contribution in [3.63, 3.8) is 0 Å². The summed E-state index contributed by atoms with van der Waals surface area (Å²) >= 11 is 5.50. The van der Waals surface area contributed by atoms with E-state index in [4.69, 9.17) is 18.7 Å². The number of nitro benzene ring substituents is 1. The first kappa shape index (κ1) is 6.42. The molecule has 0 fully saturated rings. The van der Waals surface area contributed by atoms with Crippen molar-refractivity contribution in [2.45, 2.75) is 0 Å². The lowest BCUT2D eigenvalue weighted by atomic mass is 10.3. The van der Waals surface area contributed by atoms with E-state index in [2.05, 4.69) is 0 Å². The Morgan fingerprint density at radius 1 is 1.82 bits per heavy atom. The molecule has 0 aliphatic carbocycles. The van der Waals surface area contributed by atoms with Gasteiger partial charge >= 0.3 is 0 Å². The van der Waals surface area contributed by atoms with E-state index < -0.39 is 10.6 Å². The van der Waals surface area contributed by atoms with Crippen molar-refractivity contribution in [3.05, 3.63) is 33.3 Å². The number of hydrogen-bond acceptors (Lipinski definition) is 3. The molecule has 0 unspecified atom stereocenters. The molecular weight excluding hydrogens is 168 g/mol. The zero-order valence-corrected chi connectivity index (χ0v) is 6.13. The van der Waals surface area contributed by atoms with Gasteiger partial charge in [0.15, 0.2) is 0 Å². The minimum Gasteiger partial charge on any atom is -0.393 e. The van der Waals surface area contributed by atoms with Crippen molar-refractivity contribution in [1.29, 1.82) is 0 Å². The van der Waals surface area contributed by atoms with E-state index in [0.717, 1.165) is 0 Å². The SMILES string of the molecule is [2H]c1cc(Cl)cc(N)c1[N+](=O)[O-]. The quantitative estimate of drug-likeness (QED) is 0.400. The van der Waals surface area contributed by atoms with Crippen LogP contribution in [0.25, 0.3) is 0 Å². The van der Waals surface area contributed by atoms with Gasteiger partial charge in [-0.1, -0.05) is 11.6 Å². The second kappa shape index (κ2) is 2.75. The molecule has 0 aliphatic heterocycles. The van der Waals surface area contributed by atoms with Gasteiger partial charge in [-0.15, -0.1) is 0 Å². The molecule has 0 radical (unpaired) electrons. The highest BCUT2D eigenvalue weighted by Gasteiger charge is 2.09. The predicted molar refractivity (Wildman–Crippen MR) is 42.5 cm³/mol. The van der Waals surface area contributed by atoms with E-state index in [1.54, 1.807) is 0 Å². The molecule has 5 heteroatoms. The van der Waals surface area contributed by atoms with Gasteiger partial charge < -0.3 is 5.73 Å². The molecule has 0 saturated heterocycles. The zero-order chi connectivity index (χ0) is 9.30. The van der Waals surface area contributed by atoms with Gasteiger partial charge in [-0.05, 0) is 12.1 Å². The molecule has 1 aromatic rings. The van der Waals surface area contributed by atoms with E-state index in [0.29, 0.717) is 0 Å². The fourth-order valence-corrected chi connectivity index (χ4v) is 0.809. The van der Waals surface area contributed by atoms with E-state index in [1.165, 1.54) is 12.1 Å². The Labute approximate surface area is 69.1 Å². The molecule has 58 valence electrons. The molecule has 0 heterocycles. The van der Waals surface area contributed by atoms with Crippen molar-refractivity contribution in [2.24, 2.45) is 0 Å². The van der Waals surface area contributed by atoms with Crippen molar-refractivity contribution >= 4 is 23.0 Å². The summed E-state index contributed by atoms with van der Waals surface area (Å²) in [6.07, 6.45) is 0. The number of rotatable bonds is 1. The lowest BCUT2D eigenvalue weighted by Crippen LogP contribution is -1.94. The maximum atomic E-state index is 10.3. The van der Waals surface area contributed by atoms with E-state index in [-0.39, 0.29) is 16.8 Å². The number of benzene rings is 1. The first-order valence-corrected chi connectivity index (χ1v) is 3.10. The standard InChI is InChI=1S/C6H5ClN2O2/c7-4-1-2-6(9(10)11)5(8)3-4/h1-3H,8H2/i2D. The van der Waals surface area contributed by atoms with Crippen LogP contribution in [0.15, 0.2) is 18.2 Å². The van der Waals surface area contributed by atoms with Crippen LogP contribution in [0.2, 0.25) is 5.02 Å². The van der Waals surface area contributed by atoms with Crippen molar-refractivity contribution in [1.82, 2.24) is 0 Å². The molecule has 0 amide bonds. The molecule has 2 N–H and O–H groups in total. The fourth-order valence-electron chi connectivity index (χ4n) is 0.637. The Morgan fingerprint density at radius 2 is 2.45 bits per heavy atom. The van der Waals surface area contributed by atoms with Crippen molar-refractivity contribution in [2.75, 3.05) is 5.73 Å². The Kier molecular flexibility index (Phi) is 1.61. The lowest BCUT2D eigenvalue weighted by molar-refractivity contribution is -0.383. The van der Waals surface area contributed by atoms with Crippen molar-refractivity contribution < 1.29 is 6.29 Å². The highest BCUT2D eigenvalue weighted by Crippen LogP contribution is 2.23. The van der Waals surface area contributed by atoms with Gasteiger partial charge in [0.05, 0.1) is 6.29 Å². The Balaban J connectivity index is 3.38. The van der Waals surface area contributed by atoms with Crippen molar-refractivity contribution in [3.8, 4) is 0 Å². The van der Waals surface area contributed by atoms with Crippen LogP contribution in [0.3, 0.4) is 0 Å². The Bertz CT molecular complexity index is 319. The van der Waals surface area contributed by atoms with Gasteiger partial charge in [-0.2, -0.15) is 0 Å². The number of nitro groups is 1. The monoisotopic (exact) mass is 173 g/mol. The number of halogens is 1. The third kappa shape index (κ3) is 1.59. The molecule has 0 spiro atoms. The normalized spacial score (nSPS) is 10.8. The number of nitrogens with two attached hydrogens (primary N) is 1. The maximum Gasteiger partial charge on any atom is 0.292 e. The van der Waals surface area contributed by atoms with Gasteiger partial charge in [0.2, 0.25) is 0 Å². The summed E-state index contributed by atoms with van der Waals surface area (Å²) in [4.78, 5) is 9.62. The van der Waals surface area contributed by atoms with Crippen LogP contribution in [0.4, 0.5) is 11.4 Å². The van der Waals surface area contributed by atoms with E-state index in [1.807, 2.05) is 0 Å². The number of hydrogen-bond donors (Lipinski definition) is 1. The maximum absolute atomic E-state index is 10.3. The first-order valence-electron chi connectivity index (χ1n) is 3.22. The van der Waals surface area contributed by atoms with Gasteiger partial charge in [-0.25, -0.2) is 0 Å². The molecule has 0 aliphatic rings. The second-order valence-corrected chi connectivity index (χ2v) is 2.32. The van der Waals surface area contributed by atoms with Crippen LogP contribution in [0, 0.1) is 10.1 Å². The molecule has 0 aromatic heterocycles. The Hall–Kier alpha value is -1.29. The minimum absolute atomic E-state index is 0.0856. The molecule has 0 atom stereocenters.